The standard InChI is InChI=1S/C17H17F3O3S2/c1-22-10-12-3-6-14(7-4-12)25(21)11-13-5-8-15(23-2)16(9-13)24-17(18,19)20/h3-9H,10-11H2,1-2H3. The number of hydrogen-bond acceptors (Lipinski definition) is 4. The first-order valence-electron chi connectivity index (χ1n) is 7.21. The summed E-state index contributed by atoms with van der Waals surface area (Å²) in [5.41, 5.74) is -2.91. The van der Waals surface area contributed by atoms with Crippen LogP contribution in [0.5, 0.6) is 5.75 Å². The van der Waals surface area contributed by atoms with Gasteiger partial charge >= 0.3 is 5.51 Å². The predicted molar refractivity (Wildman–Crippen MR) is 92.2 cm³/mol. The summed E-state index contributed by atoms with van der Waals surface area (Å²) < 4.78 is 60.4. The van der Waals surface area contributed by atoms with Crippen LogP contribution in [-0.2, 0) is 27.9 Å². The quantitative estimate of drug-likeness (QED) is 0.639. The summed E-state index contributed by atoms with van der Waals surface area (Å²) >= 11 is -0.241. The molecule has 1 unspecified atom stereocenters. The number of thioether (sulfide) groups is 1. The lowest BCUT2D eigenvalue weighted by Gasteiger charge is -2.12. The molecule has 0 aliphatic carbocycles. The second kappa shape index (κ2) is 8.73. The van der Waals surface area contributed by atoms with E-state index in [2.05, 4.69) is 0 Å². The molecule has 136 valence electrons. The molecule has 2 aromatic carbocycles. The minimum absolute atomic E-state index is 0.0417. The number of alkyl halides is 3. The van der Waals surface area contributed by atoms with E-state index >= 15 is 0 Å². The lowest BCUT2D eigenvalue weighted by atomic mass is 10.2. The van der Waals surface area contributed by atoms with Gasteiger partial charge in [0.15, 0.2) is 0 Å². The van der Waals surface area contributed by atoms with Crippen molar-refractivity contribution < 1.29 is 26.9 Å². The zero-order valence-electron chi connectivity index (χ0n) is 13.6. The van der Waals surface area contributed by atoms with Crippen molar-refractivity contribution in [2.75, 3.05) is 14.2 Å². The molecular formula is C17H17F3O3S2. The molecule has 0 amide bonds. The number of halogens is 3. The lowest BCUT2D eigenvalue weighted by Crippen LogP contribution is -2.02. The minimum Gasteiger partial charge on any atom is -0.496 e. The molecule has 0 aliphatic rings. The molecule has 0 heterocycles. The van der Waals surface area contributed by atoms with E-state index in [1.807, 2.05) is 12.1 Å². The van der Waals surface area contributed by atoms with Crippen LogP contribution in [0.15, 0.2) is 52.3 Å². The van der Waals surface area contributed by atoms with Crippen LogP contribution in [0.2, 0.25) is 0 Å². The molecule has 1 atom stereocenters. The highest BCUT2D eigenvalue weighted by atomic mass is 32.2. The van der Waals surface area contributed by atoms with E-state index in [1.54, 1.807) is 25.3 Å². The summed E-state index contributed by atoms with van der Waals surface area (Å²) in [6.45, 7) is 0.462. The normalized spacial score (nSPS) is 12.8. The van der Waals surface area contributed by atoms with Crippen LogP contribution in [-0.4, -0.2) is 23.9 Å². The predicted octanol–water partition coefficient (Wildman–Crippen LogP) is 4.76. The molecule has 0 radical (unpaired) electrons. The van der Waals surface area contributed by atoms with Crippen molar-refractivity contribution in [3.05, 3.63) is 53.6 Å². The van der Waals surface area contributed by atoms with Crippen molar-refractivity contribution >= 4 is 22.6 Å². The molecule has 0 aliphatic heterocycles. The summed E-state index contributed by atoms with van der Waals surface area (Å²) in [5, 5.41) is 0. The SMILES string of the molecule is COCc1ccc(S(=O)Cc2ccc(OC)c(SC(F)(F)F)c2)cc1. The average molecular weight is 390 g/mol. The summed E-state index contributed by atoms with van der Waals surface area (Å²) in [6, 6.07) is 11.6. The second-order valence-electron chi connectivity index (χ2n) is 5.10. The molecule has 0 aromatic heterocycles. The second-order valence-corrected chi connectivity index (χ2v) is 7.66. The Morgan fingerprint density at radius 1 is 1.04 bits per heavy atom. The molecule has 2 rings (SSSR count). The van der Waals surface area contributed by atoms with Gasteiger partial charge in [-0.25, -0.2) is 0 Å². The Kier molecular flexibility index (Phi) is 6.92. The summed E-state index contributed by atoms with van der Waals surface area (Å²) in [7, 11) is 1.55. The van der Waals surface area contributed by atoms with Crippen LogP contribution in [0.3, 0.4) is 0 Å². The molecule has 0 fully saturated rings. The highest BCUT2D eigenvalue weighted by Crippen LogP contribution is 2.41. The van der Waals surface area contributed by atoms with Crippen molar-refractivity contribution in [3.8, 4) is 5.75 Å². The molecule has 0 bridgehead atoms. The number of hydrogen-bond donors (Lipinski definition) is 0. The van der Waals surface area contributed by atoms with Crippen LogP contribution in [0.25, 0.3) is 0 Å². The third kappa shape index (κ3) is 6.05. The van der Waals surface area contributed by atoms with Gasteiger partial charge < -0.3 is 9.47 Å². The maximum Gasteiger partial charge on any atom is 0.446 e. The van der Waals surface area contributed by atoms with Crippen molar-refractivity contribution in [1.82, 2.24) is 0 Å². The van der Waals surface area contributed by atoms with Gasteiger partial charge in [0.05, 0.1) is 35.2 Å². The fourth-order valence-electron chi connectivity index (χ4n) is 2.15. The first-order chi connectivity index (χ1) is 11.8. The monoisotopic (exact) mass is 390 g/mol. The average Bonchev–Trinajstić information content (AvgIpc) is 2.54. The number of benzene rings is 2. The smallest absolute Gasteiger partial charge is 0.446 e. The van der Waals surface area contributed by atoms with Gasteiger partial charge in [-0.15, -0.1) is 0 Å². The molecule has 2 aromatic rings. The van der Waals surface area contributed by atoms with Crippen molar-refractivity contribution in [1.29, 1.82) is 0 Å². The largest absolute Gasteiger partial charge is 0.496 e. The number of methoxy groups -OCH3 is 2. The van der Waals surface area contributed by atoms with E-state index in [-0.39, 0.29) is 28.2 Å². The van der Waals surface area contributed by atoms with E-state index in [1.165, 1.54) is 19.2 Å². The van der Waals surface area contributed by atoms with Crippen molar-refractivity contribution in [3.63, 3.8) is 0 Å². The Hall–Kier alpha value is -1.51. The van der Waals surface area contributed by atoms with Gasteiger partial charge in [-0.2, -0.15) is 13.2 Å². The Balaban J connectivity index is 2.15. The Bertz CT molecular complexity index is 731. The third-order valence-electron chi connectivity index (χ3n) is 3.25. The van der Waals surface area contributed by atoms with Gasteiger partial charge in [0.25, 0.3) is 0 Å². The van der Waals surface area contributed by atoms with Crippen LogP contribution in [0.4, 0.5) is 13.2 Å². The van der Waals surface area contributed by atoms with Crippen LogP contribution in [0.1, 0.15) is 11.1 Å². The van der Waals surface area contributed by atoms with E-state index in [4.69, 9.17) is 9.47 Å². The van der Waals surface area contributed by atoms with Crippen LogP contribution >= 0.6 is 11.8 Å². The first-order valence-corrected chi connectivity index (χ1v) is 9.35. The fourth-order valence-corrected chi connectivity index (χ4v) is 3.95. The Morgan fingerprint density at radius 2 is 1.68 bits per heavy atom. The van der Waals surface area contributed by atoms with Crippen LogP contribution < -0.4 is 4.74 Å². The molecule has 0 saturated carbocycles. The van der Waals surface area contributed by atoms with Gasteiger partial charge in [-0.05, 0) is 47.2 Å². The molecule has 0 spiro atoms. The van der Waals surface area contributed by atoms with Gasteiger partial charge in [0.2, 0.25) is 0 Å². The lowest BCUT2D eigenvalue weighted by molar-refractivity contribution is -0.0328. The van der Waals surface area contributed by atoms with Crippen molar-refractivity contribution in [2.45, 2.75) is 27.7 Å². The number of rotatable bonds is 7. The van der Waals surface area contributed by atoms with E-state index in [0.29, 0.717) is 17.1 Å². The number of ether oxygens (including phenoxy) is 2. The molecular weight excluding hydrogens is 373 g/mol. The topological polar surface area (TPSA) is 35.5 Å². The zero-order chi connectivity index (χ0) is 18.4. The maximum atomic E-state index is 12.7. The fraction of sp³-hybridized carbons (Fsp3) is 0.294. The van der Waals surface area contributed by atoms with Gasteiger partial charge in [0.1, 0.15) is 5.75 Å². The molecule has 0 saturated heterocycles. The maximum absolute atomic E-state index is 12.7. The highest BCUT2D eigenvalue weighted by molar-refractivity contribution is 8.00. The first kappa shape index (κ1) is 19.8. The summed E-state index contributed by atoms with van der Waals surface area (Å²) in [5.74, 6) is 0.264. The van der Waals surface area contributed by atoms with Gasteiger partial charge in [0, 0.05) is 12.0 Å². The highest BCUT2D eigenvalue weighted by Gasteiger charge is 2.31. The van der Waals surface area contributed by atoms with Gasteiger partial charge in [-0.3, -0.25) is 4.21 Å². The minimum atomic E-state index is -4.41. The Labute approximate surface area is 151 Å². The zero-order valence-corrected chi connectivity index (χ0v) is 15.3. The van der Waals surface area contributed by atoms with Gasteiger partial charge in [-0.1, -0.05) is 18.2 Å². The summed E-state index contributed by atoms with van der Waals surface area (Å²) in [6.07, 6.45) is 0. The molecule has 0 N–H and O–H groups in total. The third-order valence-corrected chi connectivity index (χ3v) is 5.41. The van der Waals surface area contributed by atoms with E-state index in [9.17, 15) is 17.4 Å². The summed E-state index contributed by atoms with van der Waals surface area (Å²) in [4.78, 5) is 0.570. The molecule has 25 heavy (non-hydrogen) atoms. The Morgan fingerprint density at radius 3 is 2.24 bits per heavy atom. The van der Waals surface area contributed by atoms with Crippen molar-refractivity contribution in [2.24, 2.45) is 0 Å². The molecule has 8 heteroatoms. The van der Waals surface area contributed by atoms with E-state index < -0.39 is 16.3 Å². The van der Waals surface area contributed by atoms with Crippen LogP contribution in [0, 0.1) is 0 Å². The molecule has 3 nitrogen and oxygen atoms in total. The van der Waals surface area contributed by atoms with E-state index in [0.717, 1.165) is 5.56 Å².